The molecule has 0 aliphatic heterocycles. The summed E-state index contributed by atoms with van der Waals surface area (Å²) in [5.41, 5.74) is 0. The Hall–Kier alpha value is 0. The standard InChI is InChI=1S/2C8H16.2C7H14/c2*1-2-4-6-8-7-5-3-1;2*1-7-5-3-2-4-6-7/h2*1-8H2;2*7H,2-6H2,1H3. The van der Waals surface area contributed by atoms with Crippen molar-refractivity contribution >= 4 is 0 Å². The largest absolute Gasteiger partial charge is 0.0625 e. The fourth-order valence-electron chi connectivity index (χ4n) is 5.44. The Balaban J connectivity index is 0.000000200. The second-order valence-electron chi connectivity index (χ2n) is 11.1. The molecule has 4 fully saturated rings. The first kappa shape index (κ1) is 28.0. The van der Waals surface area contributed by atoms with Crippen LogP contribution in [0.2, 0.25) is 0 Å². The molecule has 4 aliphatic rings. The van der Waals surface area contributed by atoms with Crippen molar-refractivity contribution in [3.8, 4) is 0 Å². The second kappa shape index (κ2) is 22.2. The van der Waals surface area contributed by atoms with Gasteiger partial charge in [0.05, 0.1) is 0 Å². The molecule has 0 saturated heterocycles. The Labute approximate surface area is 192 Å². The fraction of sp³-hybridized carbons (Fsp3) is 1.00. The molecule has 0 radical (unpaired) electrons. The highest BCUT2D eigenvalue weighted by Gasteiger charge is 2.06. The minimum absolute atomic E-state index is 1.04. The number of hydrogen-bond acceptors (Lipinski definition) is 0. The molecule has 0 spiro atoms. The van der Waals surface area contributed by atoms with Gasteiger partial charge in [-0.25, -0.2) is 0 Å². The molecule has 4 saturated carbocycles. The zero-order chi connectivity index (χ0) is 21.5. The van der Waals surface area contributed by atoms with Crippen LogP contribution < -0.4 is 0 Å². The van der Waals surface area contributed by atoms with Gasteiger partial charge >= 0.3 is 0 Å². The van der Waals surface area contributed by atoms with Crippen LogP contribution >= 0.6 is 0 Å². The first-order chi connectivity index (χ1) is 14.8. The van der Waals surface area contributed by atoms with E-state index in [0.717, 1.165) is 11.8 Å². The normalized spacial score (nSPS) is 24.6. The molecular formula is C30H60. The van der Waals surface area contributed by atoms with Gasteiger partial charge in [-0.3, -0.25) is 0 Å². The molecule has 0 bridgehead atoms. The molecule has 4 aliphatic carbocycles. The lowest BCUT2D eigenvalue weighted by Crippen LogP contribution is -1.99. The molecule has 0 heteroatoms. The summed E-state index contributed by atoms with van der Waals surface area (Å²) in [5.74, 6) is 2.07. The van der Waals surface area contributed by atoms with E-state index in [1.165, 1.54) is 167 Å². The minimum Gasteiger partial charge on any atom is -0.0625 e. The zero-order valence-electron chi connectivity index (χ0n) is 21.5. The van der Waals surface area contributed by atoms with Crippen LogP contribution in [0.25, 0.3) is 0 Å². The molecule has 0 aromatic heterocycles. The van der Waals surface area contributed by atoms with Crippen LogP contribution in [0.5, 0.6) is 0 Å². The third-order valence-electron chi connectivity index (χ3n) is 7.79. The van der Waals surface area contributed by atoms with Gasteiger partial charge in [0.1, 0.15) is 0 Å². The Morgan fingerprint density at radius 1 is 0.233 bits per heavy atom. The molecule has 0 nitrogen and oxygen atoms in total. The van der Waals surface area contributed by atoms with Crippen LogP contribution in [0.15, 0.2) is 0 Å². The first-order valence-electron chi connectivity index (χ1n) is 14.8. The van der Waals surface area contributed by atoms with Crippen LogP contribution in [-0.4, -0.2) is 0 Å². The Morgan fingerprint density at radius 2 is 0.367 bits per heavy atom. The summed E-state index contributed by atoms with van der Waals surface area (Å²) in [7, 11) is 0. The second-order valence-corrected chi connectivity index (χ2v) is 11.1. The maximum absolute atomic E-state index is 2.36. The lowest BCUT2D eigenvalue weighted by atomic mass is 9.91. The molecule has 0 aromatic rings. The highest BCUT2D eigenvalue weighted by atomic mass is 14.1. The molecule has 0 amide bonds. The van der Waals surface area contributed by atoms with E-state index in [9.17, 15) is 0 Å². The quantitative estimate of drug-likeness (QED) is 0.365. The van der Waals surface area contributed by atoms with E-state index >= 15 is 0 Å². The highest BCUT2D eigenvalue weighted by molar-refractivity contribution is 4.60. The SMILES string of the molecule is C1CCCCCCC1.C1CCCCCCC1.CC1CCCCC1.CC1CCCCC1. The van der Waals surface area contributed by atoms with Gasteiger partial charge in [0, 0.05) is 0 Å². The first-order valence-corrected chi connectivity index (χ1v) is 14.8. The van der Waals surface area contributed by atoms with Crippen LogP contribution in [0.3, 0.4) is 0 Å². The van der Waals surface area contributed by atoms with Crippen LogP contribution in [0.4, 0.5) is 0 Å². The van der Waals surface area contributed by atoms with Crippen molar-refractivity contribution in [2.24, 2.45) is 11.8 Å². The predicted molar refractivity (Wildman–Crippen MR) is 138 cm³/mol. The third kappa shape index (κ3) is 19.9. The topological polar surface area (TPSA) is 0 Å². The Morgan fingerprint density at radius 3 is 0.467 bits per heavy atom. The molecule has 180 valence electrons. The van der Waals surface area contributed by atoms with Gasteiger partial charge in [0.25, 0.3) is 0 Å². The summed E-state index contributed by atoms with van der Waals surface area (Å²) in [4.78, 5) is 0. The molecule has 30 heavy (non-hydrogen) atoms. The fourth-order valence-corrected chi connectivity index (χ4v) is 5.44. The van der Waals surface area contributed by atoms with E-state index in [0.29, 0.717) is 0 Å². The summed E-state index contributed by atoms with van der Waals surface area (Å²) >= 11 is 0. The van der Waals surface area contributed by atoms with E-state index in [1.54, 1.807) is 0 Å². The average molecular weight is 421 g/mol. The summed E-state index contributed by atoms with van der Waals surface area (Å²) in [6.07, 6.45) is 38.9. The van der Waals surface area contributed by atoms with Gasteiger partial charge < -0.3 is 0 Å². The molecule has 0 heterocycles. The smallest absolute Gasteiger partial charge is 0.0443 e. The van der Waals surface area contributed by atoms with E-state index in [1.807, 2.05) is 0 Å². The van der Waals surface area contributed by atoms with Crippen molar-refractivity contribution in [2.45, 2.75) is 181 Å². The maximum atomic E-state index is 2.36. The molecule has 0 unspecified atom stereocenters. The van der Waals surface area contributed by atoms with Gasteiger partial charge in [-0.05, 0) is 11.8 Å². The van der Waals surface area contributed by atoms with Crippen molar-refractivity contribution in [1.82, 2.24) is 0 Å². The van der Waals surface area contributed by atoms with Gasteiger partial charge in [-0.1, -0.05) is 181 Å². The monoisotopic (exact) mass is 420 g/mol. The van der Waals surface area contributed by atoms with Crippen molar-refractivity contribution < 1.29 is 0 Å². The lowest BCUT2D eigenvalue weighted by Gasteiger charge is -2.15. The molecule has 0 atom stereocenters. The van der Waals surface area contributed by atoms with Crippen molar-refractivity contribution in [1.29, 1.82) is 0 Å². The number of hydrogen-bond donors (Lipinski definition) is 0. The summed E-state index contributed by atoms with van der Waals surface area (Å²) in [5, 5.41) is 0. The molecule has 4 rings (SSSR count). The van der Waals surface area contributed by atoms with Crippen molar-refractivity contribution in [3.63, 3.8) is 0 Å². The minimum atomic E-state index is 1.04. The van der Waals surface area contributed by atoms with Crippen LogP contribution in [0.1, 0.15) is 181 Å². The van der Waals surface area contributed by atoms with E-state index in [-0.39, 0.29) is 0 Å². The molecule has 0 aromatic carbocycles. The van der Waals surface area contributed by atoms with Gasteiger partial charge in [-0.2, -0.15) is 0 Å². The lowest BCUT2D eigenvalue weighted by molar-refractivity contribution is 0.385. The molecular weight excluding hydrogens is 360 g/mol. The van der Waals surface area contributed by atoms with Gasteiger partial charge in [-0.15, -0.1) is 0 Å². The zero-order valence-corrected chi connectivity index (χ0v) is 21.5. The van der Waals surface area contributed by atoms with Crippen molar-refractivity contribution in [2.75, 3.05) is 0 Å². The predicted octanol–water partition coefficient (Wildman–Crippen LogP) is 11.4. The Kier molecular flexibility index (Phi) is 20.7. The van der Waals surface area contributed by atoms with E-state index < -0.39 is 0 Å². The highest BCUT2D eigenvalue weighted by Crippen LogP contribution is 2.22. The third-order valence-corrected chi connectivity index (χ3v) is 7.79. The van der Waals surface area contributed by atoms with E-state index in [2.05, 4.69) is 13.8 Å². The van der Waals surface area contributed by atoms with Gasteiger partial charge in [0.15, 0.2) is 0 Å². The summed E-state index contributed by atoms with van der Waals surface area (Å²) < 4.78 is 0. The Bertz CT molecular complexity index is 228. The number of rotatable bonds is 0. The van der Waals surface area contributed by atoms with E-state index in [4.69, 9.17) is 0 Å². The summed E-state index contributed by atoms with van der Waals surface area (Å²) in [6, 6.07) is 0. The van der Waals surface area contributed by atoms with Crippen LogP contribution in [0, 0.1) is 11.8 Å². The van der Waals surface area contributed by atoms with Crippen molar-refractivity contribution in [3.05, 3.63) is 0 Å². The van der Waals surface area contributed by atoms with Gasteiger partial charge in [0.2, 0.25) is 0 Å². The molecule has 0 N–H and O–H groups in total. The maximum Gasteiger partial charge on any atom is -0.0443 e. The summed E-state index contributed by atoms with van der Waals surface area (Å²) in [6.45, 7) is 4.72. The van der Waals surface area contributed by atoms with Crippen LogP contribution in [-0.2, 0) is 0 Å². The average Bonchev–Trinajstić information content (AvgIpc) is 2.70.